The largest absolute Gasteiger partial charge is 0.382 e. The standard InChI is InChI=1S/C14H10F2N4O/c15-9-3-8(4-10(16)6-9)12-13(19-20-14(12)17)7-1-2-18-11(21)5-7/h1-6H,(H,18,21)(H3,17,19,20). The molecule has 7 heteroatoms. The van der Waals surface area contributed by atoms with E-state index in [1.807, 2.05) is 0 Å². The van der Waals surface area contributed by atoms with Gasteiger partial charge < -0.3 is 10.7 Å². The maximum Gasteiger partial charge on any atom is 0.248 e. The average Bonchev–Trinajstić information content (AvgIpc) is 2.79. The van der Waals surface area contributed by atoms with Crippen LogP contribution in [0.4, 0.5) is 14.6 Å². The lowest BCUT2D eigenvalue weighted by atomic mass is 10.0. The van der Waals surface area contributed by atoms with Crippen molar-refractivity contribution < 1.29 is 8.78 Å². The van der Waals surface area contributed by atoms with E-state index in [4.69, 9.17) is 5.73 Å². The Morgan fingerprint density at radius 1 is 1.05 bits per heavy atom. The second kappa shape index (κ2) is 4.86. The van der Waals surface area contributed by atoms with Gasteiger partial charge in [-0.1, -0.05) is 0 Å². The van der Waals surface area contributed by atoms with Crippen molar-refractivity contribution in [1.82, 2.24) is 15.2 Å². The third kappa shape index (κ3) is 2.40. The maximum absolute atomic E-state index is 13.4. The van der Waals surface area contributed by atoms with Crippen LogP contribution in [-0.4, -0.2) is 15.2 Å². The molecule has 3 aromatic rings. The Hall–Kier alpha value is -2.96. The lowest BCUT2D eigenvalue weighted by Gasteiger charge is -2.05. The molecule has 4 N–H and O–H groups in total. The summed E-state index contributed by atoms with van der Waals surface area (Å²) in [7, 11) is 0. The molecule has 0 aliphatic heterocycles. The fraction of sp³-hybridized carbons (Fsp3) is 0. The number of hydrogen-bond donors (Lipinski definition) is 3. The van der Waals surface area contributed by atoms with Crippen LogP contribution < -0.4 is 11.3 Å². The number of nitrogens with one attached hydrogen (secondary N) is 2. The van der Waals surface area contributed by atoms with Gasteiger partial charge in [-0.2, -0.15) is 5.10 Å². The summed E-state index contributed by atoms with van der Waals surface area (Å²) < 4.78 is 26.8. The van der Waals surface area contributed by atoms with Crippen LogP contribution in [0.25, 0.3) is 22.4 Å². The van der Waals surface area contributed by atoms with Gasteiger partial charge in [-0.05, 0) is 23.8 Å². The van der Waals surface area contributed by atoms with E-state index in [1.165, 1.54) is 12.3 Å². The van der Waals surface area contributed by atoms with E-state index in [0.29, 0.717) is 16.8 Å². The minimum atomic E-state index is -0.720. The molecule has 0 radical (unpaired) electrons. The van der Waals surface area contributed by atoms with Crippen LogP contribution in [0, 0.1) is 11.6 Å². The minimum Gasteiger partial charge on any atom is -0.382 e. The molecule has 0 atom stereocenters. The van der Waals surface area contributed by atoms with Crippen molar-refractivity contribution in [2.75, 3.05) is 5.73 Å². The molecule has 0 spiro atoms. The smallest absolute Gasteiger partial charge is 0.248 e. The Balaban J connectivity index is 2.24. The highest BCUT2D eigenvalue weighted by Crippen LogP contribution is 2.34. The number of halogens is 2. The van der Waals surface area contributed by atoms with Crippen molar-refractivity contribution in [3.05, 3.63) is 58.5 Å². The van der Waals surface area contributed by atoms with Crippen molar-refractivity contribution in [3.63, 3.8) is 0 Å². The van der Waals surface area contributed by atoms with E-state index in [9.17, 15) is 13.6 Å². The maximum atomic E-state index is 13.4. The monoisotopic (exact) mass is 288 g/mol. The Morgan fingerprint density at radius 2 is 1.76 bits per heavy atom. The van der Waals surface area contributed by atoms with Gasteiger partial charge >= 0.3 is 0 Å². The summed E-state index contributed by atoms with van der Waals surface area (Å²) >= 11 is 0. The van der Waals surface area contributed by atoms with Gasteiger partial charge in [-0.25, -0.2) is 8.78 Å². The van der Waals surface area contributed by atoms with Gasteiger partial charge in [0.05, 0.1) is 11.3 Å². The Kier molecular flexibility index (Phi) is 3.02. The molecule has 2 heterocycles. The third-order valence-electron chi connectivity index (χ3n) is 3.01. The topological polar surface area (TPSA) is 87.6 Å². The van der Waals surface area contributed by atoms with Gasteiger partial charge in [-0.15, -0.1) is 0 Å². The van der Waals surface area contributed by atoms with E-state index in [0.717, 1.165) is 18.2 Å². The van der Waals surface area contributed by atoms with Crippen molar-refractivity contribution in [2.24, 2.45) is 0 Å². The first-order chi connectivity index (χ1) is 10.0. The zero-order valence-corrected chi connectivity index (χ0v) is 10.7. The number of aromatic amines is 2. The summed E-state index contributed by atoms with van der Waals surface area (Å²) in [4.78, 5) is 13.9. The van der Waals surface area contributed by atoms with Crippen molar-refractivity contribution >= 4 is 5.82 Å². The number of anilines is 1. The number of hydrogen-bond acceptors (Lipinski definition) is 3. The Labute approximate surface area is 117 Å². The van der Waals surface area contributed by atoms with Gasteiger partial charge in [0, 0.05) is 23.9 Å². The van der Waals surface area contributed by atoms with Crippen LogP contribution in [0.15, 0.2) is 41.3 Å². The van der Waals surface area contributed by atoms with Crippen LogP contribution in [0.1, 0.15) is 0 Å². The van der Waals surface area contributed by atoms with Crippen LogP contribution in [0.5, 0.6) is 0 Å². The van der Waals surface area contributed by atoms with Crippen LogP contribution >= 0.6 is 0 Å². The molecule has 0 fully saturated rings. The molecule has 3 rings (SSSR count). The van der Waals surface area contributed by atoms with Crippen molar-refractivity contribution in [3.8, 4) is 22.4 Å². The highest BCUT2D eigenvalue weighted by Gasteiger charge is 2.16. The van der Waals surface area contributed by atoms with Crippen LogP contribution in [0.2, 0.25) is 0 Å². The number of rotatable bonds is 2. The fourth-order valence-corrected chi connectivity index (χ4v) is 2.16. The molecular formula is C14H10F2N4O. The molecule has 0 saturated heterocycles. The van der Waals surface area contributed by atoms with Gasteiger partial charge in [0.1, 0.15) is 11.6 Å². The first-order valence-electron chi connectivity index (χ1n) is 6.04. The SMILES string of the molecule is Nc1n[nH]c(-c2cc[nH]c(=O)c2)c1-c1cc(F)cc(F)c1. The van der Waals surface area contributed by atoms with E-state index in [-0.39, 0.29) is 16.9 Å². The van der Waals surface area contributed by atoms with Crippen molar-refractivity contribution in [2.45, 2.75) is 0 Å². The second-order valence-corrected chi connectivity index (χ2v) is 4.46. The molecule has 0 aliphatic carbocycles. The molecule has 0 bridgehead atoms. The number of aromatic nitrogens is 3. The number of nitrogen functional groups attached to an aromatic ring is 1. The number of nitrogens with two attached hydrogens (primary N) is 1. The second-order valence-electron chi connectivity index (χ2n) is 4.46. The summed E-state index contributed by atoms with van der Waals surface area (Å²) in [5.74, 6) is -1.35. The zero-order chi connectivity index (χ0) is 15.0. The third-order valence-corrected chi connectivity index (χ3v) is 3.01. The van der Waals surface area contributed by atoms with E-state index in [2.05, 4.69) is 15.2 Å². The molecule has 21 heavy (non-hydrogen) atoms. The molecule has 2 aromatic heterocycles. The molecule has 0 aliphatic rings. The summed E-state index contributed by atoms with van der Waals surface area (Å²) in [6.07, 6.45) is 1.46. The van der Waals surface area contributed by atoms with Crippen LogP contribution in [0.3, 0.4) is 0 Å². The predicted octanol–water partition coefficient (Wildman–Crippen LogP) is 2.29. The summed E-state index contributed by atoms with van der Waals surface area (Å²) in [5.41, 5.74) is 6.99. The number of H-pyrrole nitrogens is 2. The first-order valence-corrected chi connectivity index (χ1v) is 6.04. The van der Waals surface area contributed by atoms with Gasteiger partial charge in [0.2, 0.25) is 5.56 Å². The van der Waals surface area contributed by atoms with E-state index >= 15 is 0 Å². The number of pyridine rings is 1. The Bertz CT molecular complexity index is 849. The number of benzene rings is 1. The average molecular weight is 288 g/mol. The lowest BCUT2D eigenvalue weighted by Crippen LogP contribution is -2.02. The summed E-state index contributed by atoms with van der Waals surface area (Å²) in [5, 5.41) is 6.54. The predicted molar refractivity (Wildman–Crippen MR) is 74.4 cm³/mol. The van der Waals surface area contributed by atoms with Gasteiger partial charge in [0.25, 0.3) is 0 Å². The molecular weight excluding hydrogens is 278 g/mol. The fourth-order valence-electron chi connectivity index (χ4n) is 2.16. The highest BCUT2D eigenvalue weighted by molar-refractivity contribution is 5.87. The molecule has 0 unspecified atom stereocenters. The molecule has 0 saturated carbocycles. The van der Waals surface area contributed by atoms with E-state index < -0.39 is 11.6 Å². The van der Waals surface area contributed by atoms with Crippen molar-refractivity contribution in [1.29, 1.82) is 0 Å². The Morgan fingerprint density at radius 3 is 2.43 bits per heavy atom. The molecule has 0 amide bonds. The molecule has 106 valence electrons. The highest BCUT2D eigenvalue weighted by atomic mass is 19.1. The summed E-state index contributed by atoms with van der Waals surface area (Å²) in [6.45, 7) is 0. The zero-order valence-electron chi connectivity index (χ0n) is 10.7. The van der Waals surface area contributed by atoms with E-state index in [1.54, 1.807) is 6.07 Å². The minimum absolute atomic E-state index is 0.0929. The van der Waals surface area contributed by atoms with Crippen LogP contribution in [-0.2, 0) is 0 Å². The lowest BCUT2D eigenvalue weighted by molar-refractivity contribution is 0.584. The molecule has 5 nitrogen and oxygen atoms in total. The number of nitrogens with zero attached hydrogens (tertiary/aromatic N) is 1. The quantitative estimate of drug-likeness (QED) is 0.676. The molecule has 1 aromatic carbocycles. The van der Waals surface area contributed by atoms with Gasteiger partial charge in [-0.3, -0.25) is 9.89 Å². The first kappa shape index (κ1) is 13.0. The summed E-state index contributed by atoms with van der Waals surface area (Å²) in [6, 6.07) is 6.05. The van der Waals surface area contributed by atoms with Gasteiger partial charge in [0.15, 0.2) is 5.82 Å². The normalized spacial score (nSPS) is 10.8.